The van der Waals surface area contributed by atoms with E-state index in [4.69, 9.17) is 16.3 Å². The summed E-state index contributed by atoms with van der Waals surface area (Å²) in [6.07, 6.45) is -4.74. The lowest BCUT2D eigenvalue weighted by Gasteiger charge is -2.34. The molecule has 1 atom stereocenters. The second-order valence-electron chi connectivity index (χ2n) is 4.26. The van der Waals surface area contributed by atoms with Crippen molar-refractivity contribution in [2.24, 2.45) is 11.6 Å². The van der Waals surface area contributed by atoms with Crippen LogP contribution in [-0.4, -0.2) is 41.7 Å². The molecule has 0 bridgehead atoms. The van der Waals surface area contributed by atoms with Crippen LogP contribution in [0.25, 0.3) is 0 Å². The van der Waals surface area contributed by atoms with Crippen molar-refractivity contribution in [3.8, 4) is 0 Å². The number of nitrogen functional groups attached to an aromatic ring is 1. The number of anilines is 2. The van der Waals surface area contributed by atoms with Gasteiger partial charge in [0.15, 0.2) is 0 Å². The molecule has 0 aliphatic carbocycles. The van der Waals surface area contributed by atoms with Crippen LogP contribution in [0.5, 0.6) is 0 Å². The molecule has 1 aromatic heterocycles. The summed E-state index contributed by atoms with van der Waals surface area (Å²) in [5.74, 6) is 2.72. The first-order valence-electron chi connectivity index (χ1n) is 5.89. The van der Waals surface area contributed by atoms with Crippen LogP contribution in [0.4, 0.5) is 24.8 Å². The summed E-state index contributed by atoms with van der Waals surface area (Å²) < 4.78 is 43.4. The number of primary amides is 1. The highest BCUT2D eigenvalue weighted by Gasteiger charge is 2.37. The molecule has 2 heterocycles. The minimum Gasteiger partial charge on any atom is -0.377 e. The fraction of sp³-hybridized carbons (Fsp3) is 0.500. The molecule has 8 nitrogen and oxygen atoms in total. The number of rotatable bonds is 3. The predicted molar refractivity (Wildman–Crippen MR) is 66.0 cm³/mol. The minimum atomic E-state index is -4.74. The summed E-state index contributed by atoms with van der Waals surface area (Å²) >= 11 is 0. The molecule has 1 unspecified atom stereocenters. The van der Waals surface area contributed by atoms with Gasteiger partial charge in [-0.15, -0.1) is 0 Å². The maximum Gasteiger partial charge on any atom is 0.451 e. The number of alkyl halides is 3. The maximum absolute atomic E-state index is 12.8. The Morgan fingerprint density at radius 2 is 2.19 bits per heavy atom. The molecule has 1 aliphatic heterocycles. The van der Waals surface area contributed by atoms with Crippen molar-refractivity contribution in [2.45, 2.75) is 12.2 Å². The van der Waals surface area contributed by atoms with Gasteiger partial charge in [-0.25, -0.2) is 15.8 Å². The molecule has 0 radical (unpaired) electrons. The number of hydrogen-bond acceptors (Lipinski definition) is 7. The van der Waals surface area contributed by atoms with Gasteiger partial charge in [0.2, 0.25) is 11.7 Å². The lowest BCUT2D eigenvalue weighted by atomic mass is 10.2. The van der Waals surface area contributed by atoms with Gasteiger partial charge in [0.1, 0.15) is 17.7 Å². The number of amides is 1. The Kier molecular flexibility index (Phi) is 4.14. The number of nitrogens with two attached hydrogens (primary N) is 2. The van der Waals surface area contributed by atoms with Gasteiger partial charge in [0.25, 0.3) is 0 Å². The predicted octanol–water partition coefficient (Wildman–Crippen LogP) is -0.529. The number of nitrogens with one attached hydrogen (secondary N) is 1. The first-order valence-corrected chi connectivity index (χ1v) is 5.89. The lowest BCUT2D eigenvalue weighted by molar-refractivity contribution is -0.144. The smallest absolute Gasteiger partial charge is 0.377 e. The minimum absolute atomic E-state index is 0.0218. The lowest BCUT2D eigenvalue weighted by Crippen LogP contribution is -2.53. The molecule has 0 saturated carbocycles. The van der Waals surface area contributed by atoms with E-state index in [1.54, 1.807) is 0 Å². The van der Waals surface area contributed by atoms with Crippen molar-refractivity contribution in [3.63, 3.8) is 0 Å². The third-order valence-electron chi connectivity index (χ3n) is 2.87. The first kappa shape index (κ1) is 15.3. The van der Waals surface area contributed by atoms with Crippen LogP contribution < -0.4 is 21.9 Å². The molecule has 116 valence electrons. The van der Waals surface area contributed by atoms with Crippen molar-refractivity contribution >= 4 is 17.5 Å². The highest BCUT2D eigenvalue weighted by Crippen LogP contribution is 2.30. The van der Waals surface area contributed by atoms with E-state index in [9.17, 15) is 18.0 Å². The van der Waals surface area contributed by atoms with Gasteiger partial charge in [-0.1, -0.05) is 0 Å². The number of hydrogen-bond donors (Lipinski definition) is 3. The van der Waals surface area contributed by atoms with Crippen LogP contribution in [0, 0.1) is 0 Å². The van der Waals surface area contributed by atoms with Crippen LogP contribution in [-0.2, 0) is 15.7 Å². The molecule has 0 aromatic carbocycles. The molecule has 0 spiro atoms. The molecular formula is C10H13F3N6O2. The third kappa shape index (κ3) is 3.31. The number of nitrogens with zero attached hydrogens (tertiary/aromatic N) is 3. The van der Waals surface area contributed by atoms with Gasteiger partial charge >= 0.3 is 6.18 Å². The van der Waals surface area contributed by atoms with Crippen LogP contribution in [0.15, 0.2) is 6.07 Å². The van der Waals surface area contributed by atoms with Crippen molar-refractivity contribution in [3.05, 3.63) is 11.9 Å². The number of ether oxygens (including phenoxy) is 1. The summed E-state index contributed by atoms with van der Waals surface area (Å²) in [6, 6.07) is 0.302. The fourth-order valence-electron chi connectivity index (χ4n) is 1.90. The average Bonchev–Trinajstić information content (AvgIpc) is 2.45. The Morgan fingerprint density at radius 3 is 2.76 bits per heavy atom. The maximum atomic E-state index is 12.8. The molecule has 1 aliphatic rings. The zero-order valence-electron chi connectivity index (χ0n) is 10.7. The van der Waals surface area contributed by atoms with Gasteiger partial charge in [-0.3, -0.25) is 4.79 Å². The zero-order valence-corrected chi connectivity index (χ0v) is 10.7. The van der Waals surface area contributed by atoms with Gasteiger partial charge in [-0.2, -0.15) is 13.2 Å². The molecule has 2 rings (SSSR count). The van der Waals surface area contributed by atoms with E-state index in [1.165, 1.54) is 11.0 Å². The van der Waals surface area contributed by atoms with Gasteiger partial charge in [0.05, 0.1) is 13.2 Å². The number of hydrazine groups is 1. The quantitative estimate of drug-likeness (QED) is 0.507. The number of halogens is 3. The van der Waals surface area contributed by atoms with Gasteiger partial charge in [-0.05, 0) is 0 Å². The van der Waals surface area contributed by atoms with E-state index in [0.717, 1.165) is 0 Å². The highest BCUT2D eigenvalue weighted by molar-refractivity contribution is 5.83. The van der Waals surface area contributed by atoms with Crippen molar-refractivity contribution in [1.29, 1.82) is 0 Å². The van der Waals surface area contributed by atoms with E-state index in [1.807, 2.05) is 5.43 Å². The second-order valence-corrected chi connectivity index (χ2v) is 4.26. The van der Waals surface area contributed by atoms with Gasteiger partial charge in [0, 0.05) is 12.6 Å². The van der Waals surface area contributed by atoms with Crippen molar-refractivity contribution < 1.29 is 22.7 Å². The molecule has 1 amide bonds. The Bertz CT molecular complexity index is 538. The molecule has 21 heavy (non-hydrogen) atoms. The fourth-order valence-corrected chi connectivity index (χ4v) is 1.90. The summed E-state index contributed by atoms with van der Waals surface area (Å²) in [7, 11) is 0. The Labute approximate surface area is 117 Å². The van der Waals surface area contributed by atoms with Gasteiger partial charge < -0.3 is 20.8 Å². The monoisotopic (exact) mass is 306 g/mol. The standard InChI is InChI=1S/C10H13F3N6O2/c11-10(12,13)9-16-6(18-15)3-7(17-9)19-1-2-21-4-5(19)8(14)20/h3,5H,1-2,4,15H2,(H2,14,20)(H,16,17,18). The molecule has 5 N–H and O–H groups in total. The van der Waals surface area contributed by atoms with Crippen molar-refractivity contribution in [2.75, 3.05) is 30.1 Å². The Balaban J connectivity index is 2.43. The molecule has 1 aromatic rings. The van der Waals surface area contributed by atoms with E-state index in [2.05, 4.69) is 9.97 Å². The summed E-state index contributed by atoms with van der Waals surface area (Å²) in [6.45, 7) is 0.387. The van der Waals surface area contributed by atoms with E-state index in [0.29, 0.717) is 0 Å². The zero-order chi connectivity index (χ0) is 15.6. The van der Waals surface area contributed by atoms with Crippen LogP contribution in [0.1, 0.15) is 5.82 Å². The SMILES string of the molecule is NNc1cc(N2CCOCC2C(N)=O)nc(C(F)(F)F)n1. The topological polar surface area (TPSA) is 119 Å². The molecule has 1 saturated heterocycles. The molecular weight excluding hydrogens is 293 g/mol. The Hall–Kier alpha value is -2.14. The summed E-state index contributed by atoms with van der Waals surface area (Å²) in [5.41, 5.74) is 7.26. The molecule has 1 fully saturated rings. The number of morpholine rings is 1. The Morgan fingerprint density at radius 1 is 1.48 bits per heavy atom. The normalized spacial score (nSPS) is 19.4. The summed E-state index contributed by atoms with van der Waals surface area (Å²) in [5, 5.41) is 0. The van der Waals surface area contributed by atoms with Crippen LogP contribution >= 0.6 is 0 Å². The van der Waals surface area contributed by atoms with E-state index >= 15 is 0 Å². The first-order chi connectivity index (χ1) is 9.82. The van der Waals surface area contributed by atoms with Crippen LogP contribution in [0.2, 0.25) is 0 Å². The van der Waals surface area contributed by atoms with Crippen molar-refractivity contribution in [1.82, 2.24) is 9.97 Å². The molecule has 11 heteroatoms. The second kappa shape index (κ2) is 5.69. The average molecular weight is 306 g/mol. The number of carbonyl (C=O) groups excluding carboxylic acids is 1. The van der Waals surface area contributed by atoms with E-state index in [-0.39, 0.29) is 31.4 Å². The number of carbonyl (C=O) groups is 1. The summed E-state index contributed by atoms with van der Waals surface area (Å²) in [4.78, 5) is 19.4. The third-order valence-corrected chi connectivity index (χ3v) is 2.87. The largest absolute Gasteiger partial charge is 0.451 e. The van der Waals surface area contributed by atoms with Crippen LogP contribution in [0.3, 0.4) is 0 Å². The van der Waals surface area contributed by atoms with E-state index < -0.39 is 23.9 Å². The highest BCUT2D eigenvalue weighted by atomic mass is 19.4. The number of aromatic nitrogens is 2.